The van der Waals surface area contributed by atoms with Crippen LogP contribution in [0, 0.1) is 18.3 Å². The molecule has 2 heterocycles. The number of hydrogen-bond acceptors (Lipinski definition) is 7. The van der Waals surface area contributed by atoms with Gasteiger partial charge >= 0.3 is 12.3 Å². The average molecular weight is 534 g/mol. The molecule has 1 aromatic carbocycles. The Morgan fingerprint density at radius 1 is 1.22 bits per heavy atom. The van der Waals surface area contributed by atoms with Gasteiger partial charge in [0.25, 0.3) is 12.0 Å². The summed E-state index contributed by atoms with van der Waals surface area (Å²) in [6.07, 6.45) is -5.64. The highest BCUT2D eigenvalue weighted by atomic mass is 35.5. The topological polar surface area (TPSA) is 103 Å². The van der Waals surface area contributed by atoms with Crippen LogP contribution in [0.2, 0.25) is 5.28 Å². The van der Waals surface area contributed by atoms with Gasteiger partial charge in [-0.3, -0.25) is 9.36 Å². The molecule has 0 amide bonds. The van der Waals surface area contributed by atoms with Crippen LogP contribution in [0.3, 0.4) is 0 Å². The largest absolute Gasteiger partial charge is 0.481 e. The van der Waals surface area contributed by atoms with E-state index in [2.05, 4.69) is 15.0 Å². The molecule has 2 aromatic heterocycles. The molecule has 0 aliphatic carbocycles. The first-order chi connectivity index (χ1) is 16.9. The Kier molecular flexibility index (Phi) is 7.73. The number of aromatic nitrogens is 4. The summed E-state index contributed by atoms with van der Waals surface area (Å²) in [4.78, 5) is 23.9. The molecule has 0 unspecified atom stereocenters. The monoisotopic (exact) mass is 533 g/mol. The smallest absolute Gasteiger partial charge is 0.352 e. The van der Waals surface area contributed by atoms with Gasteiger partial charge in [-0.05, 0) is 30.7 Å². The summed E-state index contributed by atoms with van der Waals surface area (Å²) in [6.45, 7) is 0.793. The summed E-state index contributed by atoms with van der Waals surface area (Å²) in [7, 11) is 1.23. The van der Waals surface area contributed by atoms with Crippen molar-refractivity contribution in [2.45, 2.75) is 32.2 Å². The summed E-state index contributed by atoms with van der Waals surface area (Å²) in [5.74, 6) is -6.97. The highest BCUT2D eigenvalue weighted by Gasteiger charge is 2.48. The van der Waals surface area contributed by atoms with E-state index in [4.69, 9.17) is 21.1 Å². The summed E-state index contributed by atoms with van der Waals surface area (Å²) < 4.78 is 92.5. The molecule has 8 nitrogen and oxygen atoms in total. The number of ether oxygens (including phenoxy) is 2. The number of alkyl halides is 6. The Labute approximate surface area is 203 Å². The van der Waals surface area contributed by atoms with Crippen molar-refractivity contribution in [2.75, 3.05) is 7.11 Å². The molecule has 0 saturated carbocycles. The predicted molar refractivity (Wildman–Crippen MR) is 112 cm³/mol. The molecule has 0 aliphatic rings. The van der Waals surface area contributed by atoms with Crippen LogP contribution < -0.4 is 15.0 Å². The van der Waals surface area contributed by atoms with E-state index in [0.29, 0.717) is 17.0 Å². The number of methoxy groups -OCH3 is 1. The minimum Gasteiger partial charge on any atom is -0.481 e. The van der Waals surface area contributed by atoms with E-state index >= 15 is 0 Å². The van der Waals surface area contributed by atoms with Crippen LogP contribution in [0.25, 0.3) is 0 Å². The molecule has 0 spiro atoms. The first-order valence-electron chi connectivity index (χ1n) is 9.72. The van der Waals surface area contributed by atoms with Crippen molar-refractivity contribution in [1.29, 1.82) is 5.26 Å². The van der Waals surface area contributed by atoms with Crippen molar-refractivity contribution in [3.8, 4) is 23.4 Å². The molecular weight excluding hydrogens is 520 g/mol. The van der Waals surface area contributed by atoms with E-state index in [0.717, 1.165) is 12.3 Å². The third kappa shape index (κ3) is 5.20. The standard InChI is InChI=1S/C21H14ClF6N5O3/c1-9-11(5-29)3-10(16(23)24)4-13(9)36-14-15(21(27,28)19(25)26)31-8-33(18(14)34)7-12-6-30-20(22)32-17(12)35-2/h3-4,6,8,16,19H,7H2,1-2H3. The molecular formula is C21H14ClF6N5O3. The number of rotatable bonds is 8. The van der Waals surface area contributed by atoms with Gasteiger partial charge < -0.3 is 9.47 Å². The van der Waals surface area contributed by atoms with Gasteiger partial charge in [0.2, 0.25) is 16.9 Å². The van der Waals surface area contributed by atoms with Crippen LogP contribution in [-0.4, -0.2) is 33.1 Å². The zero-order chi connectivity index (χ0) is 26.8. The number of nitriles is 1. The van der Waals surface area contributed by atoms with E-state index in [9.17, 15) is 36.4 Å². The molecule has 0 atom stereocenters. The number of halogens is 7. The van der Waals surface area contributed by atoms with Crippen molar-refractivity contribution < 1.29 is 35.8 Å². The van der Waals surface area contributed by atoms with E-state index < -0.39 is 53.6 Å². The first kappa shape index (κ1) is 26.7. The fourth-order valence-corrected chi connectivity index (χ4v) is 3.15. The minimum atomic E-state index is -4.94. The van der Waals surface area contributed by atoms with Gasteiger partial charge in [-0.1, -0.05) is 0 Å². The zero-order valence-electron chi connectivity index (χ0n) is 18.3. The maximum atomic E-state index is 14.3. The Morgan fingerprint density at radius 3 is 2.50 bits per heavy atom. The minimum absolute atomic E-state index is 0.0782. The maximum Gasteiger partial charge on any atom is 0.352 e. The summed E-state index contributed by atoms with van der Waals surface area (Å²) in [5.41, 5.74) is -4.08. The molecule has 0 radical (unpaired) electrons. The van der Waals surface area contributed by atoms with Gasteiger partial charge in [0.15, 0.2) is 5.69 Å². The molecule has 15 heteroatoms. The lowest BCUT2D eigenvalue weighted by atomic mass is 10.0. The van der Waals surface area contributed by atoms with Crippen molar-refractivity contribution >= 4 is 11.6 Å². The lowest BCUT2D eigenvalue weighted by Gasteiger charge is -2.20. The average Bonchev–Trinajstić information content (AvgIpc) is 2.83. The van der Waals surface area contributed by atoms with Gasteiger partial charge in [0, 0.05) is 17.3 Å². The Morgan fingerprint density at radius 2 is 1.92 bits per heavy atom. The Hall–Kier alpha value is -3.86. The van der Waals surface area contributed by atoms with Crippen molar-refractivity contribution in [3.63, 3.8) is 0 Å². The number of nitrogens with zero attached hydrogens (tertiary/aromatic N) is 5. The van der Waals surface area contributed by atoms with Crippen molar-refractivity contribution in [2.24, 2.45) is 0 Å². The van der Waals surface area contributed by atoms with Gasteiger partial charge in [-0.2, -0.15) is 19.0 Å². The molecule has 0 N–H and O–H groups in total. The summed E-state index contributed by atoms with van der Waals surface area (Å²) >= 11 is 5.69. The maximum absolute atomic E-state index is 14.3. The molecule has 0 bridgehead atoms. The SMILES string of the molecule is COc1nc(Cl)ncc1Cn1cnc(C(F)(F)C(F)F)c(Oc2cc(C(F)F)cc(C#N)c2C)c1=O. The highest BCUT2D eigenvalue weighted by Crippen LogP contribution is 2.39. The lowest BCUT2D eigenvalue weighted by molar-refractivity contribution is -0.139. The fraction of sp³-hybridized carbons (Fsp3) is 0.286. The van der Waals surface area contributed by atoms with Crippen LogP contribution in [0.4, 0.5) is 26.3 Å². The normalized spacial score (nSPS) is 11.6. The van der Waals surface area contributed by atoms with Crippen molar-refractivity contribution in [3.05, 3.63) is 68.2 Å². The zero-order valence-corrected chi connectivity index (χ0v) is 19.0. The molecule has 36 heavy (non-hydrogen) atoms. The van der Waals surface area contributed by atoms with Gasteiger partial charge in [0.1, 0.15) is 5.75 Å². The number of hydrogen-bond donors (Lipinski definition) is 0. The number of benzene rings is 1. The second-order valence-corrected chi connectivity index (χ2v) is 7.50. The van der Waals surface area contributed by atoms with Crippen molar-refractivity contribution in [1.82, 2.24) is 19.5 Å². The second kappa shape index (κ2) is 10.4. The van der Waals surface area contributed by atoms with E-state index in [1.165, 1.54) is 14.0 Å². The summed E-state index contributed by atoms with van der Waals surface area (Å²) in [5, 5.41) is 9.03. The van der Waals surface area contributed by atoms with Crippen LogP contribution in [0.15, 0.2) is 29.5 Å². The van der Waals surface area contributed by atoms with Crippen LogP contribution in [-0.2, 0) is 12.5 Å². The Bertz CT molecular complexity index is 1390. The van der Waals surface area contributed by atoms with Gasteiger partial charge in [0.05, 0.1) is 37.2 Å². The van der Waals surface area contributed by atoms with Gasteiger partial charge in [-0.25, -0.2) is 27.5 Å². The summed E-state index contributed by atoms with van der Waals surface area (Å²) in [6, 6.07) is 3.19. The fourth-order valence-electron chi connectivity index (χ4n) is 3.02. The molecule has 0 aliphatic heterocycles. The third-order valence-corrected chi connectivity index (χ3v) is 5.06. The van der Waals surface area contributed by atoms with Crippen LogP contribution in [0.5, 0.6) is 17.4 Å². The second-order valence-electron chi connectivity index (χ2n) is 7.16. The molecule has 190 valence electrons. The van der Waals surface area contributed by atoms with Crippen LogP contribution >= 0.6 is 11.6 Å². The molecule has 3 rings (SSSR count). The quantitative estimate of drug-likeness (QED) is 0.296. The lowest BCUT2D eigenvalue weighted by Crippen LogP contribution is -2.32. The van der Waals surface area contributed by atoms with E-state index in [-0.39, 0.29) is 27.9 Å². The first-order valence-corrected chi connectivity index (χ1v) is 10.1. The predicted octanol–water partition coefficient (Wildman–Crippen LogP) is 5.01. The molecule has 3 aromatic rings. The van der Waals surface area contributed by atoms with E-state index in [1.54, 1.807) is 6.07 Å². The van der Waals surface area contributed by atoms with Gasteiger partial charge in [-0.15, -0.1) is 0 Å². The van der Waals surface area contributed by atoms with Crippen LogP contribution in [0.1, 0.15) is 34.4 Å². The molecule has 0 fully saturated rings. The Balaban J connectivity index is 2.22. The highest BCUT2D eigenvalue weighted by molar-refractivity contribution is 6.28. The third-order valence-electron chi connectivity index (χ3n) is 4.88. The molecule has 0 saturated heterocycles. The van der Waals surface area contributed by atoms with E-state index in [1.807, 2.05) is 0 Å².